The van der Waals surface area contributed by atoms with Crippen LogP contribution in [0.25, 0.3) is 0 Å². The minimum atomic E-state index is -0.219. The van der Waals surface area contributed by atoms with Crippen molar-refractivity contribution in [2.45, 2.75) is 0 Å². The molecule has 0 atom stereocenters. The van der Waals surface area contributed by atoms with Gasteiger partial charge in [0, 0.05) is 16.2 Å². The van der Waals surface area contributed by atoms with Crippen LogP contribution < -0.4 is 0 Å². The Bertz CT molecular complexity index is 248. The Morgan fingerprint density at radius 1 is 1.45 bits per heavy atom. The second kappa shape index (κ2) is 4.21. The van der Waals surface area contributed by atoms with Gasteiger partial charge in [-0.3, -0.25) is 0 Å². The largest absolute Gasteiger partial charge is 0.207 e. The van der Waals surface area contributed by atoms with Gasteiger partial charge in [-0.1, -0.05) is 37.9 Å². The standard InChI is InChI=1S/C8H6Br2F/c9-4-3-6-1-2-7(11)5-8(6)10/h1-3,5H,4H2. The third-order valence-electron chi connectivity index (χ3n) is 1.26. The lowest BCUT2D eigenvalue weighted by Gasteiger charge is -2.00. The van der Waals surface area contributed by atoms with Crippen molar-refractivity contribution in [1.29, 1.82) is 0 Å². The topological polar surface area (TPSA) is 0 Å². The smallest absolute Gasteiger partial charge is 0.124 e. The first kappa shape index (κ1) is 9.20. The molecule has 0 aliphatic heterocycles. The number of halogens is 3. The predicted octanol–water partition coefficient (Wildman–Crippen LogP) is 3.54. The van der Waals surface area contributed by atoms with Crippen molar-refractivity contribution in [3.8, 4) is 0 Å². The van der Waals surface area contributed by atoms with E-state index in [1.807, 2.05) is 6.42 Å². The van der Waals surface area contributed by atoms with E-state index in [2.05, 4.69) is 31.9 Å². The summed E-state index contributed by atoms with van der Waals surface area (Å²) in [5, 5.41) is 0.775. The number of benzene rings is 1. The Morgan fingerprint density at radius 2 is 2.18 bits per heavy atom. The van der Waals surface area contributed by atoms with Crippen molar-refractivity contribution in [3.63, 3.8) is 0 Å². The highest BCUT2D eigenvalue weighted by Gasteiger charge is 1.99. The Morgan fingerprint density at radius 3 is 2.73 bits per heavy atom. The lowest BCUT2D eigenvalue weighted by atomic mass is 10.2. The Balaban J connectivity index is 2.90. The molecule has 1 radical (unpaired) electrons. The van der Waals surface area contributed by atoms with E-state index in [1.165, 1.54) is 12.1 Å². The van der Waals surface area contributed by atoms with Crippen LogP contribution in [0.3, 0.4) is 0 Å². The molecule has 0 heterocycles. The van der Waals surface area contributed by atoms with Gasteiger partial charge in [0.25, 0.3) is 0 Å². The minimum absolute atomic E-state index is 0.219. The summed E-state index contributed by atoms with van der Waals surface area (Å²) in [6.45, 7) is 0. The summed E-state index contributed by atoms with van der Waals surface area (Å²) in [7, 11) is 0. The third-order valence-corrected chi connectivity index (χ3v) is 2.27. The normalized spacial score (nSPS) is 10.1. The predicted molar refractivity (Wildman–Crippen MR) is 51.3 cm³/mol. The average molecular weight is 281 g/mol. The summed E-state index contributed by atoms with van der Waals surface area (Å²) in [5.74, 6) is -0.219. The van der Waals surface area contributed by atoms with E-state index in [-0.39, 0.29) is 5.82 Å². The van der Waals surface area contributed by atoms with E-state index in [9.17, 15) is 4.39 Å². The zero-order valence-corrected chi connectivity index (χ0v) is 8.82. The molecule has 1 rings (SSSR count). The summed E-state index contributed by atoms with van der Waals surface area (Å²) in [6.07, 6.45) is 1.96. The van der Waals surface area contributed by atoms with Crippen LogP contribution in [0.1, 0.15) is 5.56 Å². The number of rotatable bonds is 2. The fraction of sp³-hybridized carbons (Fsp3) is 0.125. The molecule has 0 nitrogen and oxygen atoms in total. The number of hydrogen-bond acceptors (Lipinski definition) is 0. The second-order valence-electron chi connectivity index (χ2n) is 2.02. The monoisotopic (exact) mass is 279 g/mol. The molecule has 0 aromatic heterocycles. The molecule has 11 heavy (non-hydrogen) atoms. The highest BCUT2D eigenvalue weighted by Crippen LogP contribution is 2.19. The van der Waals surface area contributed by atoms with Crippen LogP contribution in [0.15, 0.2) is 22.7 Å². The summed E-state index contributed by atoms with van der Waals surface area (Å²) in [6, 6.07) is 4.63. The molecule has 1 aromatic rings. The summed E-state index contributed by atoms with van der Waals surface area (Å²) < 4.78 is 13.3. The summed E-state index contributed by atoms with van der Waals surface area (Å²) in [4.78, 5) is 0. The van der Waals surface area contributed by atoms with Gasteiger partial charge in [0.15, 0.2) is 0 Å². The maximum atomic E-state index is 12.5. The van der Waals surface area contributed by atoms with E-state index < -0.39 is 0 Å². The second-order valence-corrected chi connectivity index (χ2v) is 3.53. The Labute approximate surface area is 82.1 Å². The fourth-order valence-electron chi connectivity index (χ4n) is 0.750. The molecule has 0 amide bonds. The summed E-state index contributed by atoms with van der Waals surface area (Å²) in [5.41, 5.74) is 1.00. The SMILES string of the molecule is Fc1ccc([CH]CBr)c(Br)c1. The van der Waals surface area contributed by atoms with Crippen LogP contribution in [0.4, 0.5) is 4.39 Å². The lowest BCUT2D eigenvalue weighted by molar-refractivity contribution is 0.626. The van der Waals surface area contributed by atoms with Crippen LogP contribution in [0, 0.1) is 12.2 Å². The van der Waals surface area contributed by atoms with Gasteiger partial charge in [-0.15, -0.1) is 0 Å². The highest BCUT2D eigenvalue weighted by atomic mass is 79.9. The van der Waals surface area contributed by atoms with Gasteiger partial charge in [-0.25, -0.2) is 4.39 Å². The molecule has 59 valence electrons. The fourth-order valence-corrected chi connectivity index (χ4v) is 1.61. The zero-order valence-electron chi connectivity index (χ0n) is 5.65. The van der Waals surface area contributed by atoms with Crippen LogP contribution in [0.5, 0.6) is 0 Å². The van der Waals surface area contributed by atoms with Gasteiger partial charge in [-0.05, 0) is 17.7 Å². The quantitative estimate of drug-likeness (QED) is 0.727. The number of hydrogen-bond donors (Lipinski definition) is 0. The maximum Gasteiger partial charge on any atom is 0.124 e. The first-order valence-electron chi connectivity index (χ1n) is 3.08. The van der Waals surface area contributed by atoms with Crippen molar-refractivity contribution >= 4 is 31.9 Å². The average Bonchev–Trinajstić information content (AvgIpc) is 1.95. The van der Waals surface area contributed by atoms with Gasteiger partial charge in [0.05, 0.1) is 0 Å². The van der Waals surface area contributed by atoms with Gasteiger partial charge in [0.2, 0.25) is 0 Å². The van der Waals surface area contributed by atoms with Crippen LogP contribution in [-0.2, 0) is 0 Å². The molecule has 3 heteroatoms. The molecule has 0 spiro atoms. The first-order valence-corrected chi connectivity index (χ1v) is 4.99. The molecule has 0 bridgehead atoms. The van der Waals surface area contributed by atoms with Gasteiger partial charge in [0.1, 0.15) is 5.82 Å². The Kier molecular flexibility index (Phi) is 3.52. The molecule has 1 aromatic carbocycles. The Hall–Kier alpha value is 0.110. The van der Waals surface area contributed by atoms with E-state index >= 15 is 0 Å². The van der Waals surface area contributed by atoms with Crippen molar-refractivity contribution in [1.82, 2.24) is 0 Å². The molecule has 0 fully saturated rings. The molecular formula is C8H6Br2F. The zero-order chi connectivity index (χ0) is 8.27. The van der Waals surface area contributed by atoms with E-state index in [4.69, 9.17) is 0 Å². The van der Waals surface area contributed by atoms with E-state index in [1.54, 1.807) is 6.07 Å². The molecule has 0 N–H and O–H groups in total. The van der Waals surface area contributed by atoms with Crippen LogP contribution >= 0.6 is 31.9 Å². The van der Waals surface area contributed by atoms with Crippen molar-refractivity contribution in [2.24, 2.45) is 0 Å². The van der Waals surface area contributed by atoms with Crippen molar-refractivity contribution < 1.29 is 4.39 Å². The van der Waals surface area contributed by atoms with Crippen molar-refractivity contribution in [3.05, 3.63) is 40.5 Å². The van der Waals surface area contributed by atoms with Gasteiger partial charge >= 0.3 is 0 Å². The molecule has 0 aliphatic rings. The maximum absolute atomic E-state index is 12.5. The van der Waals surface area contributed by atoms with Gasteiger partial charge < -0.3 is 0 Å². The van der Waals surface area contributed by atoms with Crippen LogP contribution in [0.2, 0.25) is 0 Å². The molecule has 0 aliphatic carbocycles. The molecule has 0 saturated heterocycles. The van der Waals surface area contributed by atoms with E-state index in [0.29, 0.717) is 0 Å². The first-order chi connectivity index (χ1) is 5.24. The third kappa shape index (κ3) is 2.56. The number of alkyl halides is 1. The molecule has 0 unspecified atom stereocenters. The molecule has 0 saturated carbocycles. The van der Waals surface area contributed by atoms with Gasteiger partial charge in [-0.2, -0.15) is 0 Å². The van der Waals surface area contributed by atoms with Crippen LogP contribution in [-0.4, -0.2) is 5.33 Å². The van der Waals surface area contributed by atoms with E-state index in [0.717, 1.165) is 15.4 Å². The summed E-state index contributed by atoms with van der Waals surface area (Å²) >= 11 is 6.52. The molecular weight excluding hydrogens is 275 g/mol. The van der Waals surface area contributed by atoms with Crippen molar-refractivity contribution in [2.75, 3.05) is 5.33 Å². The highest BCUT2D eigenvalue weighted by molar-refractivity contribution is 9.10. The lowest BCUT2D eigenvalue weighted by Crippen LogP contribution is -1.85. The minimum Gasteiger partial charge on any atom is -0.207 e.